The van der Waals surface area contributed by atoms with Gasteiger partial charge in [-0.2, -0.15) is 5.10 Å². The molecular formula is C21H22BrN3O2. The summed E-state index contributed by atoms with van der Waals surface area (Å²) in [5, 5.41) is 8.70. The van der Waals surface area contributed by atoms with E-state index in [1.807, 2.05) is 61.5 Å². The van der Waals surface area contributed by atoms with Gasteiger partial charge in [0.25, 0.3) is 5.91 Å². The SMILES string of the molecule is CC(Cc1ccc(Br)cc1)NC(=O)C1=NN(Cc2ccccc2)C(=O)CC1. The summed E-state index contributed by atoms with van der Waals surface area (Å²) in [7, 11) is 0. The lowest BCUT2D eigenvalue weighted by Gasteiger charge is -2.24. The van der Waals surface area contributed by atoms with E-state index in [2.05, 4.69) is 26.3 Å². The number of carbonyl (C=O) groups is 2. The fourth-order valence-electron chi connectivity index (χ4n) is 2.98. The quantitative estimate of drug-likeness (QED) is 0.763. The maximum Gasteiger partial charge on any atom is 0.267 e. The minimum Gasteiger partial charge on any atom is -0.348 e. The monoisotopic (exact) mass is 427 g/mol. The lowest BCUT2D eigenvalue weighted by Crippen LogP contribution is -2.42. The molecule has 1 atom stereocenters. The van der Waals surface area contributed by atoms with Crippen molar-refractivity contribution in [1.82, 2.24) is 10.3 Å². The van der Waals surface area contributed by atoms with Gasteiger partial charge in [-0.3, -0.25) is 9.59 Å². The molecule has 0 saturated heterocycles. The number of carbonyl (C=O) groups excluding carboxylic acids is 2. The molecule has 1 aliphatic heterocycles. The van der Waals surface area contributed by atoms with Gasteiger partial charge in [0.2, 0.25) is 5.91 Å². The van der Waals surface area contributed by atoms with Crippen LogP contribution in [0, 0.1) is 0 Å². The molecule has 0 radical (unpaired) electrons. The van der Waals surface area contributed by atoms with Crippen molar-refractivity contribution >= 4 is 33.5 Å². The lowest BCUT2D eigenvalue weighted by atomic mass is 10.1. The topological polar surface area (TPSA) is 61.8 Å². The number of rotatable bonds is 6. The number of amides is 2. The van der Waals surface area contributed by atoms with E-state index in [-0.39, 0.29) is 17.9 Å². The Kier molecular flexibility index (Phi) is 6.40. The summed E-state index contributed by atoms with van der Waals surface area (Å²) < 4.78 is 1.03. The minimum atomic E-state index is -0.204. The summed E-state index contributed by atoms with van der Waals surface area (Å²) >= 11 is 3.42. The third kappa shape index (κ3) is 5.50. The van der Waals surface area contributed by atoms with Gasteiger partial charge in [-0.05, 0) is 36.6 Å². The van der Waals surface area contributed by atoms with Crippen molar-refractivity contribution in [3.8, 4) is 0 Å². The first-order chi connectivity index (χ1) is 13.0. The van der Waals surface area contributed by atoms with Crippen LogP contribution in [0.2, 0.25) is 0 Å². The van der Waals surface area contributed by atoms with Crippen LogP contribution in [0.5, 0.6) is 0 Å². The first-order valence-electron chi connectivity index (χ1n) is 8.98. The molecule has 27 heavy (non-hydrogen) atoms. The van der Waals surface area contributed by atoms with Gasteiger partial charge in [-0.1, -0.05) is 58.4 Å². The molecule has 6 heteroatoms. The molecule has 2 amide bonds. The molecule has 1 N–H and O–H groups in total. The van der Waals surface area contributed by atoms with E-state index >= 15 is 0 Å². The van der Waals surface area contributed by atoms with Gasteiger partial charge in [0, 0.05) is 23.4 Å². The maximum absolute atomic E-state index is 12.6. The van der Waals surface area contributed by atoms with Crippen molar-refractivity contribution in [1.29, 1.82) is 0 Å². The Bertz CT molecular complexity index is 834. The summed E-state index contributed by atoms with van der Waals surface area (Å²) in [6.45, 7) is 2.35. The second kappa shape index (κ2) is 8.95. The Morgan fingerprint density at radius 2 is 1.81 bits per heavy atom. The van der Waals surface area contributed by atoms with E-state index in [4.69, 9.17) is 0 Å². The predicted molar refractivity (Wildman–Crippen MR) is 109 cm³/mol. The molecule has 2 aromatic rings. The molecule has 0 spiro atoms. The van der Waals surface area contributed by atoms with Crippen LogP contribution >= 0.6 is 15.9 Å². The Hall–Kier alpha value is -2.47. The molecule has 1 unspecified atom stereocenters. The first kappa shape index (κ1) is 19.3. The normalized spacial score (nSPS) is 15.3. The average Bonchev–Trinajstić information content (AvgIpc) is 2.66. The van der Waals surface area contributed by atoms with Gasteiger partial charge in [0.1, 0.15) is 5.71 Å². The van der Waals surface area contributed by atoms with E-state index in [0.717, 1.165) is 22.0 Å². The van der Waals surface area contributed by atoms with Gasteiger partial charge >= 0.3 is 0 Å². The summed E-state index contributed by atoms with van der Waals surface area (Å²) in [5.41, 5.74) is 2.55. The molecule has 0 fully saturated rings. The van der Waals surface area contributed by atoms with Crippen LogP contribution in [0.4, 0.5) is 0 Å². The molecule has 5 nitrogen and oxygen atoms in total. The van der Waals surface area contributed by atoms with Crippen molar-refractivity contribution in [2.24, 2.45) is 5.10 Å². The minimum absolute atomic E-state index is 0.0263. The largest absolute Gasteiger partial charge is 0.348 e. The molecule has 0 aliphatic carbocycles. The van der Waals surface area contributed by atoms with Gasteiger partial charge in [0.05, 0.1) is 6.54 Å². The highest BCUT2D eigenvalue weighted by Gasteiger charge is 2.25. The number of nitrogens with one attached hydrogen (secondary N) is 1. The van der Waals surface area contributed by atoms with Crippen LogP contribution in [-0.2, 0) is 22.6 Å². The summed E-state index contributed by atoms with van der Waals surface area (Å²) in [4.78, 5) is 24.7. The lowest BCUT2D eigenvalue weighted by molar-refractivity contribution is -0.132. The van der Waals surface area contributed by atoms with E-state index in [1.54, 1.807) is 0 Å². The molecular weight excluding hydrogens is 406 g/mol. The van der Waals surface area contributed by atoms with Crippen LogP contribution in [0.3, 0.4) is 0 Å². The molecule has 3 rings (SSSR count). The highest BCUT2D eigenvalue weighted by molar-refractivity contribution is 9.10. The molecule has 2 aromatic carbocycles. The average molecular weight is 428 g/mol. The second-order valence-corrected chi connectivity index (χ2v) is 7.60. The van der Waals surface area contributed by atoms with Crippen LogP contribution in [0.1, 0.15) is 30.9 Å². The van der Waals surface area contributed by atoms with Gasteiger partial charge in [0.15, 0.2) is 0 Å². The number of nitrogens with zero attached hydrogens (tertiary/aromatic N) is 2. The van der Waals surface area contributed by atoms with Crippen molar-refractivity contribution in [3.63, 3.8) is 0 Å². The number of benzene rings is 2. The fraction of sp³-hybridized carbons (Fsp3) is 0.286. The maximum atomic E-state index is 12.6. The third-order valence-corrected chi connectivity index (χ3v) is 4.90. The zero-order valence-corrected chi connectivity index (χ0v) is 16.8. The predicted octanol–water partition coefficient (Wildman–Crippen LogP) is 3.67. The molecule has 1 aliphatic rings. The van der Waals surface area contributed by atoms with Crippen molar-refractivity contribution in [3.05, 3.63) is 70.2 Å². The summed E-state index contributed by atoms with van der Waals surface area (Å²) in [6.07, 6.45) is 1.42. The third-order valence-electron chi connectivity index (χ3n) is 4.37. The fourth-order valence-corrected chi connectivity index (χ4v) is 3.24. The number of halogens is 1. The smallest absolute Gasteiger partial charge is 0.267 e. The number of hydrazone groups is 1. The number of hydrogen-bond donors (Lipinski definition) is 1. The Morgan fingerprint density at radius 1 is 1.11 bits per heavy atom. The zero-order chi connectivity index (χ0) is 19.2. The molecule has 0 aromatic heterocycles. The van der Waals surface area contributed by atoms with Crippen molar-refractivity contribution in [2.45, 2.75) is 38.8 Å². The van der Waals surface area contributed by atoms with Crippen LogP contribution in [0.25, 0.3) is 0 Å². The van der Waals surface area contributed by atoms with Crippen molar-refractivity contribution in [2.75, 3.05) is 0 Å². The zero-order valence-electron chi connectivity index (χ0n) is 15.2. The Balaban J connectivity index is 1.61. The number of hydrogen-bond acceptors (Lipinski definition) is 3. The highest BCUT2D eigenvalue weighted by atomic mass is 79.9. The van der Waals surface area contributed by atoms with E-state index in [0.29, 0.717) is 25.1 Å². The van der Waals surface area contributed by atoms with Crippen molar-refractivity contribution < 1.29 is 9.59 Å². The summed E-state index contributed by atoms with van der Waals surface area (Å²) in [5.74, 6) is -0.261. The molecule has 0 bridgehead atoms. The molecule has 1 heterocycles. The van der Waals surface area contributed by atoms with E-state index in [9.17, 15) is 9.59 Å². The van der Waals surface area contributed by atoms with E-state index < -0.39 is 0 Å². The molecule has 0 saturated carbocycles. The van der Waals surface area contributed by atoms with Gasteiger partial charge < -0.3 is 5.32 Å². The Labute approximate surface area is 167 Å². The first-order valence-corrected chi connectivity index (χ1v) is 9.77. The van der Waals surface area contributed by atoms with Gasteiger partial charge in [-0.15, -0.1) is 0 Å². The van der Waals surface area contributed by atoms with Crippen LogP contribution in [-0.4, -0.2) is 28.6 Å². The standard InChI is InChI=1S/C21H22BrN3O2/c1-15(13-16-7-9-18(22)10-8-16)23-21(27)19-11-12-20(26)25(24-19)14-17-5-3-2-4-6-17/h2-10,15H,11-14H2,1H3,(H,23,27). The summed E-state index contributed by atoms with van der Waals surface area (Å²) in [6, 6.07) is 17.7. The second-order valence-electron chi connectivity index (χ2n) is 6.69. The van der Waals surface area contributed by atoms with Gasteiger partial charge in [-0.25, -0.2) is 5.01 Å². The Morgan fingerprint density at radius 3 is 2.52 bits per heavy atom. The molecule has 140 valence electrons. The van der Waals surface area contributed by atoms with E-state index in [1.165, 1.54) is 5.01 Å². The van der Waals surface area contributed by atoms with Crippen LogP contribution in [0.15, 0.2) is 64.2 Å². The van der Waals surface area contributed by atoms with Crippen LogP contribution < -0.4 is 5.32 Å². The highest BCUT2D eigenvalue weighted by Crippen LogP contribution is 2.15.